The number of hydrogen-bond acceptors (Lipinski definition) is 4. The number of carbonyl (C=O) groups is 2. The number of carboxylic acids is 1. The molecule has 0 radical (unpaired) electrons. The lowest BCUT2D eigenvalue weighted by Crippen LogP contribution is -2.48. The van der Waals surface area contributed by atoms with E-state index < -0.39 is 24.0 Å². The molecule has 7 nitrogen and oxygen atoms in total. The highest BCUT2D eigenvalue weighted by Gasteiger charge is 2.26. The summed E-state index contributed by atoms with van der Waals surface area (Å²) in [5.41, 5.74) is 1.06. The molecule has 1 amide bonds. The standard InChI is InChI=1S/C12H19N3O4/c1-4-8-6-9(15(5-2)14-8)11(17)13-10(7(3)16)12(18)19/h6-7,10,16H,4-5H2,1-3H3,(H,13,17)(H,18,19)/t7-,10+/m1/s1. The third-order valence-electron chi connectivity index (χ3n) is 2.76. The van der Waals surface area contributed by atoms with Crippen molar-refractivity contribution < 1.29 is 19.8 Å². The molecule has 1 heterocycles. The normalized spacial score (nSPS) is 13.9. The SMILES string of the molecule is CCc1cc(C(=O)N[C@H](C(=O)O)[C@@H](C)O)n(CC)n1. The lowest BCUT2D eigenvalue weighted by molar-refractivity contribution is -0.141. The summed E-state index contributed by atoms with van der Waals surface area (Å²) < 4.78 is 1.51. The molecule has 106 valence electrons. The van der Waals surface area contributed by atoms with Crippen LogP contribution >= 0.6 is 0 Å². The average Bonchev–Trinajstić information content (AvgIpc) is 2.78. The Balaban J connectivity index is 2.93. The van der Waals surface area contributed by atoms with Crippen molar-refractivity contribution >= 4 is 11.9 Å². The number of aryl methyl sites for hydroxylation is 2. The van der Waals surface area contributed by atoms with Crippen LogP contribution in [0.4, 0.5) is 0 Å². The second-order valence-electron chi connectivity index (χ2n) is 4.22. The zero-order chi connectivity index (χ0) is 14.6. The van der Waals surface area contributed by atoms with Crippen molar-refractivity contribution in [3.05, 3.63) is 17.5 Å². The molecule has 0 saturated carbocycles. The molecule has 0 saturated heterocycles. The van der Waals surface area contributed by atoms with Crippen LogP contribution in [-0.2, 0) is 17.8 Å². The van der Waals surface area contributed by atoms with E-state index in [1.54, 1.807) is 6.07 Å². The third kappa shape index (κ3) is 3.54. The molecule has 0 bridgehead atoms. The van der Waals surface area contributed by atoms with Crippen LogP contribution in [0.2, 0.25) is 0 Å². The Kier molecular flexibility index (Phi) is 5.05. The molecule has 0 unspecified atom stereocenters. The summed E-state index contributed by atoms with van der Waals surface area (Å²) in [6.45, 7) is 5.58. The van der Waals surface area contributed by atoms with Crippen molar-refractivity contribution in [1.82, 2.24) is 15.1 Å². The van der Waals surface area contributed by atoms with Gasteiger partial charge in [-0.3, -0.25) is 9.48 Å². The van der Waals surface area contributed by atoms with Gasteiger partial charge in [-0.05, 0) is 26.3 Å². The maximum absolute atomic E-state index is 12.0. The Morgan fingerprint density at radius 1 is 1.47 bits per heavy atom. The van der Waals surface area contributed by atoms with E-state index in [9.17, 15) is 14.7 Å². The van der Waals surface area contributed by atoms with Gasteiger partial charge in [0.1, 0.15) is 5.69 Å². The molecule has 0 fully saturated rings. The predicted molar refractivity (Wildman–Crippen MR) is 67.8 cm³/mol. The molecule has 0 aromatic carbocycles. The van der Waals surface area contributed by atoms with E-state index in [4.69, 9.17) is 5.11 Å². The monoisotopic (exact) mass is 269 g/mol. The van der Waals surface area contributed by atoms with Crippen LogP contribution in [0, 0.1) is 0 Å². The van der Waals surface area contributed by atoms with Gasteiger partial charge in [-0.2, -0.15) is 5.10 Å². The van der Waals surface area contributed by atoms with Gasteiger partial charge in [0, 0.05) is 6.54 Å². The summed E-state index contributed by atoms with van der Waals surface area (Å²) in [4.78, 5) is 23.0. The topological polar surface area (TPSA) is 104 Å². The molecule has 2 atom stereocenters. The molecule has 1 rings (SSSR count). The van der Waals surface area contributed by atoms with Gasteiger partial charge in [-0.25, -0.2) is 4.79 Å². The Bertz CT molecular complexity index is 468. The van der Waals surface area contributed by atoms with Crippen molar-refractivity contribution in [2.75, 3.05) is 0 Å². The summed E-state index contributed by atoms with van der Waals surface area (Å²) in [6.07, 6.45) is -0.489. The molecule has 0 aliphatic heterocycles. The van der Waals surface area contributed by atoms with E-state index in [2.05, 4.69) is 10.4 Å². The van der Waals surface area contributed by atoms with Crippen LogP contribution in [0.5, 0.6) is 0 Å². The number of aliphatic carboxylic acids is 1. The number of carboxylic acid groups (broad SMARTS) is 1. The lowest BCUT2D eigenvalue weighted by atomic mass is 10.2. The fourth-order valence-corrected chi connectivity index (χ4v) is 1.67. The van der Waals surface area contributed by atoms with Crippen LogP contribution < -0.4 is 5.32 Å². The first-order valence-electron chi connectivity index (χ1n) is 6.19. The Morgan fingerprint density at radius 2 is 2.11 bits per heavy atom. The zero-order valence-electron chi connectivity index (χ0n) is 11.3. The molecule has 1 aromatic heterocycles. The molecular formula is C12H19N3O4. The zero-order valence-corrected chi connectivity index (χ0v) is 11.3. The van der Waals surface area contributed by atoms with E-state index in [0.29, 0.717) is 18.7 Å². The smallest absolute Gasteiger partial charge is 0.328 e. The number of nitrogens with one attached hydrogen (secondary N) is 1. The first-order chi connectivity index (χ1) is 8.90. The fourth-order valence-electron chi connectivity index (χ4n) is 1.67. The van der Waals surface area contributed by atoms with Crippen molar-refractivity contribution in [2.45, 2.75) is 45.9 Å². The van der Waals surface area contributed by atoms with E-state index in [0.717, 1.165) is 5.69 Å². The molecule has 0 spiro atoms. The van der Waals surface area contributed by atoms with Gasteiger partial charge in [0.25, 0.3) is 5.91 Å². The summed E-state index contributed by atoms with van der Waals surface area (Å²) in [5.74, 6) is -1.83. The predicted octanol–water partition coefficient (Wildman–Crippen LogP) is 0.0292. The molecule has 1 aromatic rings. The highest BCUT2D eigenvalue weighted by Crippen LogP contribution is 2.06. The molecule has 7 heteroatoms. The lowest BCUT2D eigenvalue weighted by Gasteiger charge is -2.17. The first kappa shape index (κ1) is 15.2. The van der Waals surface area contributed by atoms with E-state index >= 15 is 0 Å². The van der Waals surface area contributed by atoms with Crippen molar-refractivity contribution in [1.29, 1.82) is 0 Å². The average molecular weight is 269 g/mol. The summed E-state index contributed by atoms with van der Waals surface area (Å²) in [7, 11) is 0. The number of aliphatic hydroxyl groups excluding tert-OH is 1. The molecular weight excluding hydrogens is 250 g/mol. The maximum atomic E-state index is 12.0. The van der Waals surface area contributed by atoms with Gasteiger partial charge in [-0.1, -0.05) is 6.92 Å². The van der Waals surface area contributed by atoms with Crippen molar-refractivity contribution in [3.8, 4) is 0 Å². The number of nitrogens with zero attached hydrogens (tertiary/aromatic N) is 2. The summed E-state index contributed by atoms with van der Waals surface area (Å²) >= 11 is 0. The number of aromatic nitrogens is 2. The van der Waals surface area contributed by atoms with Gasteiger partial charge in [0.05, 0.1) is 11.8 Å². The summed E-state index contributed by atoms with van der Waals surface area (Å²) in [6, 6.07) is 0.289. The van der Waals surface area contributed by atoms with Gasteiger partial charge in [-0.15, -0.1) is 0 Å². The number of aliphatic hydroxyl groups is 1. The second-order valence-corrected chi connectivity index (χ2v) is 4.22. The summed E-state index contributed by atoms with van der Waals surface area (Å²) in [5, 5.41) is 24.8. The second kappa shape index (κ2) is 6.33. The minimum absolute atomic E-state index is 0.297. The van der Waals surface area contributed by atoms with Crippen LogP contribution in [0.3, 0.4) is 0 Å². The fraction of sp³-hybridized carbons (Fsp3) is 0.583. The maximum Gasteiger partial charge on any atom is 0.328 e. The van der Waals surface area contributed by atoms with Crippen molar-refractivity contribution in [2.24, 2.45) is 0 Å². The largest absolute Gasteiger partial charge is 0.480 e. The van der Waals surface area contributed by atoms with Gasteiger partial charge in [0.2, 0.25) is 0 Å². The first-order valence-corrected chi connectivity index (χ1v) is 6.19. The Morgan fingerprint density at radius 3 is 2.53 bits per heavy atom. The minimum atomic E-state index is -1.34. The van der Waals surface area contributed by atoms with E-state index in [1.165, 1.54) is 11.6 Å². The van der Waals surface area contributed by atoms with Crippen LogP contribution in [0.15, 0.2) is 6.07 Å². The highest BCUT2D eigenvalue weighted by molar-refractivity contribution is 5.95. The van der Waals surface area contributed by atoms with Crippen LogP contribution in [-0.4, -0.2) is 44.0 Å². The highest BCUT2D eigenvalue weighted by atomic mass is 16.4. The number of rotatable bonds is 6. The minimum Gasteiger partial charge on any atom is -0.480 e. The van der Waals surface area contributed by atoms with Gasteiger partial charge in [0.15, 0.2) is 6.04 Å². The van der Waals surface area contributed by atoms with Crippen LogP contribution in [0.1, 0.15) is 37.0 Å². The molecule has 19 heavy (non-hydrogen) atoms. The quantitative estimate of drug-likeness (QED) is 0.675. The van der Waals surface area contributed by atoms with E-state index in [-0.39, 0.29) is 0 Å². The molecule has 3 N–H and O–H groups in total. The van der Waals surface area contributed by atoms with Crippen LogP contribution in [0.25, 0.3) is 0 Å². The number of carbonyl (C=O) groups excluding carboxylic acids is 1. The Hall–Kier alpha value is -1.89. The number of amides is 1. The van der Waals surface area contributed by atoms with Crippen molar-refractivity contribution in [3.63, 3.8) is 0 Å². The van der Waals surface area contributed by atoms with E-state index in [1.807, 2.05) is 13.8 Å². The van der Waals surface area contributed by atoms with Gasteiger partial charge < -0.3 is 15.5 Å². The third-order valence-corrected chi connectivity index (χ3v) is 2.76. The Labute approximate surface area is 111 Å². The molecule has 0 aliphatic carbocycles. The number of hydrogen-bond donors (Lipinski definition) is 3. The molecule has 0 aliphatic rings. The van der Waals surface area contributed by atoms with Gasteiger partial charge >= 0.3 is 5.97 Å².